The van der Waals surface area contributed by atoms with Crippen LogP contribution < -0.4 is 0 Å². The molecular weight excluding hydrogens is 343 g/mol. The number of hydrogen-bond donors (Lipinski definition) is 0. The summed E-state index contributed by atoms with van der Waals surface area (Å²) in [6.45, 7) is 0. The Labute approximate surface area is 147 Å². The van der Waals surface area contributed by atoms with Crippen LogP contribution in [0.2, 0.25) is 5.02 Å². The van der Waals surface area contributed by atoms with E-state index in [-0.39, 0.29) is 10.6 Å². The number of rotatable bonds is 2. The second-order valence-corrected chi connectivity index (χ2v) is 5.92. The number of carbonyl (C=O) groups excluding carboxylic acids is 2. The van der Waals surface area contributed by atoms with Gasteiger partial charge in [-0.15, -0.1) is 0 Å². The third kappa shape index (κ3) is 2.40. The fraction of sp³-hybridized carbons (Fsp3) is 0. The summed E-state index contributed by atoms with van der Waals surface area (Å²) in [5, 5.41) is 6.20. The molecule has 1 heterocycles. The Balaban J connectivity index is 1.82. The third-order valence-corrected chi connectivity index (χ3v) is 4.38. The van der Waals surface area contributed by atoms with Crippen molar-refractivity contribution >= 4 is 40.4 Å². The number of hydrogen-bond acceptors (Lipinski definition) is 3. The number of carbonyl (C=O) groups is 2. The first kappa shape index (κ1) is 15.5. The molecule has 0 N–H and O–H groups in total. The minimum Gasteiger partial charge on any atom is -0.267 e. The normalized spacial score (nSPS) is 13.9. The summed E-state index contributed by atoms with van der Waals surface area (Å²) in [5.41, 5.74) is 0.774. The average Bonchev–Trinajstić information content (AvgIpc) is 2.61. The third-order valence-electron chi connectivity index (χ3n) is 4.05. The molecule has 3 aromatic carbocycles. The largest absolute Gasteiger partial charge is 0.282 e. The van der Waals surface area contributed by atoms with E-state index in [2.05, 4.69) is 5.10 Å². The number of hydrazone groups is 1. The summed E-state index contributed by atoms with van der Waals surface area (Å²) >= 11 is 5.95. The van der Waals surface area contributed by atoms with E-state index in [0.717, 1.165) is 16.6 Å². The second kappa shape index (κ2) is 5.79. The SMILES string of the molecule is O=C1c2cccc3cccc(c23)C(=O)N1N=Cc1c(F)cccc1Cl. The van der Waals surface area contributed by atoms with Gasteiger partial charge < -0.3 is 0 Å². The molecule has 3 aromatic rings. The first-order chi connectivity index (χ1) is 12.1. The van der Waals surface area contributed by atoms with E-state index in [1.165, 1.54) is 18.2 Å². The maximum atomic E-state index is 13.9. The summed E-state index contributed by atoms with van der Waals surface area (Å²) in [7, 11) is 0. The van der Waals surface area contributed by atoms with Crippen molar-refractivity contribution in [2.75, 3.05) is 0 Å². The van der Waals surface area contributed by atoms with E-state index < -0.39 is 17.6 Å². The van der Waals surface area contributed by atoms with Gasteiger partial charge in [0, 0.05) is 10.9 Å². The van der Waals surface area contributed by atoms with Gasteiger partial charge in [0.2, 0.25) is 0 Å². The van der Waals surface area contributed by atoms with Gasteiger partial charge in [-0.3, -0.25) is 9.59 Å². The van der Waals surface area contributed by atoms with Crippen LogP contribution >= 0.6 is 11.6 Å². The van der Waals surface area contributed by atoms with Gasteiger partial charge in [0.05, 0.1) is 22.4 Å². The molecule has 0 aliphatic carbocycles. The zero-order valence-electron chi connectivity index (χ0n) is 12.7. The van der Waals surface area contributed by atoms with E-state index in [1.807, 2.05) is 12.1 Å². The van der Waals surface area contributed by atoms with Crippen molar-refractivity contribution in [1.29, 1.82) is 0 Å². The molecule has 25 heavy (non-hydrogen) atoms. The maximum absolute atomic E-state index is 13.9. The zero-order chi connectivity index (χ0) is 17.6. The van der Waals surface area contributed by atoms with E-state index in [4.69, 9.17) is 11.6 Å². The zero-order valence-corrected chi connectivity index (χ0v) is 13.5. The molecule has 6 heteroatoms. The van der Waals surface area contributed by atoms with Crippen molar-refractivity contribution in [3.05, 3.63) is 82.1 Å². The Morgan fingerprint density at radius 2 is 1.52 bits per heavy atom. The van der Waals surface area contributed by atoms with Crippen LogP contribution in [0.5, 0.6) is 0 Å². The predicted octanol–water partition coefficient (Wildman–Crippen LogP) is 4.26. The highest BCUT2D eigenvalue weighted by atomic mass is 35.5. The maximum Gasteiger partial charge on any atom is 0.282 e. The van der Waals surface area contributed by atoms with Crippen molar-refractivity contribution in [3.63, 3.8) is 0 Å². The van der Waals surface area contributed by atoms with Crippen LogP contribution in [0.1, 0.15) is 26.3 Å². The summed E-state index contributed by atoms with van der Waals surface area (Å²) in [6.07, 6.45) is 1.08. The Morgan fingerprint density at radius 3 is 2.12 bits per heavy atom. The highest BCUT2D eigenvalue weighted by Crippen LogP contribution is 2.30. The van der Waals surface area contributed by atoms with Crippen molar-refractivity contribution in [2.24, 2.45) is 5.10 Å². The minimum atomic E-state index is -0.587. The van der Waals surface area contributed by atoms with Crippen LogP contribution in [0, 0.1) is 5.82 Å². The number of halogens is 2. The predicted molar refractivity (Wildman–Crippen MR) is 93.5 cm³/mol. The van der Waals surface area contributed by atoms with E-state index >= 15 is 0 Å². The van der Waals surface area contributed by atoms with E-state index in [0.29, 0.717) is 16.5 Å². The lowest BCUT2D eigenvalue weighted by Gasteiger charge is -2.23. The monoisotopic (exact) mass is 352 g/mol. The fourth-order valence-corrected chi connectivity index (χ4v) is 3.08. The van der Waals surface area contributed by atoms with Crippen LogP contribution in [-0.4, -0.2) is 23.0 Å². The fourth-order valence-electron chi connectivity index (χ4n) is 2.87. The van der Waals surface area contributed by atoms with Crippen LogP contribution in [-0.2, 0) is 0 Å². The average molecular weight is 353 g/mol. The quantitative estimate of drug-likeness (QED) is 0.511. The van der Waals surface area contributed by atoms with Crippen LogP contribution in [0.25, 0.3) is 10.8 Å². The van der Waals surface area contributed by atoms with Gasteiger partial charge in [0.15, 0.2) is 0 Å². The Kier molecular flexibility index (Phi) is 3.58. The molecule has 4 rings (SSSR count). The minimum absolute atomic E-state index is 0.0156. The molecule has 4 nitrogen and oxygen atoms in total. The Bertz CT molecular complexity index is 1010. The molecule has 0 fully saturated rings. The lowest BCUT2D eigenvalue weighted by Crippen LogP contribution is -2.36. The molecule has 2 amide bonds. The lowest BCUT2D eigenvalue weighted by atomic mass is 9.95. The topological polar surface area (TPSA) is 49.7 Å². The first-order valence-electron chi connectivity index (χ1n) is 7.46. The molecule has 0 spiro atoms. The smallest absolute Gasteiger partial charge is 0.267 e. The Morgan fingerprint density at radius 1 is 0.920 bits per heavy atom. The molecule has 1 aliphatic heterocycles. The van der Waals surface area contributed by atoms with Crippen LogP contribution in [0.15, 0.2) is 59.7 Å². The lowest BCUT2D eigenvalue weighted by molar-refractivity contribution is 0.0616. The molecule has 0 unspecified atom stereocenters. The van der Waals surface area contributed by atoms with Crippen molar-refractivity contribution in [3.8, 4) is 0 Å². The van der Waals surface area contributed by atoms with Crippen molar-refractivity contribution in [2.45, 2.75) is 0 Å². The van der Waals surface area contributed by atoms with Gasteiger partial charge in [-0.25, -0.2) is 4.39 Å². The molecule has 1 aliphatic rings. The van der Waals surface area contributed by atoms with Gasteiger partial charge >= 0.3 is 0 Å². The molecule has 122 valence electrons. The summed E-state index contributed by atoms with van der Waals surface area (Å²) in [4.78, 5) is 25.3. The molecular formula is C19H10ClFN2O2. The number of imide groups is 1. The highest BCUT2D eigenvalue weighted by Gasteiger charge is 2.32. The van der Waals surface area contributed by atoms with Gasteiger partial charge in [-0.05, 0) is 29.7 Å². The van der Waals surface area contributed by atoms with Gasteiger partial charge in [-0.2, -0.15) is 10.1 Å². The first-order valence-corrected chi connectivity index (χ1v) is 7.84. The van der Waals surface area contributed by atoms with Gasteiger partial charge in [0.25, 0.3) is 11.8 Å². The number of nitrogens with zero attached hydrogens (tertiary/aromatic N) is 2. The molecule has 0 atom stereocenters. The van der Waals surface area contributed by atoms with Crippen molar-refractivity contribution < 1.29 is 14.0 Å². The van der Waals surface area contributed by atoms with E-state index in [1.54, 1.807) is 24.3 Å². The molecule has 0 aromatic heterocycles. The number of benzene rings is 3. The molecule has 0 saturated carbocycles. The summed E-state index contributed by atoms with van der Waals surface area (Å²) < 4.78 is 13.9. The van der Waals surface area contributed by atoms with E-state index in [9.17, 15) is 14.0 Å². The standard InChI is InChI=1S/C19H10ClFN2O2/c20-15-8-3-9-16(21)14(15)10-22-23-18(24)12-6-1-4-11-5-2-7-13(17(11)12)19(23)25/h1-10H. The highest BCUT2D eigenvalue weighted by molar-refractivity contribution is 6.33. The Hall–Kier alpha value is -3.05. The summed E-state index contributed by atoms with van der Waals surface area (Å²) in [5.74, 6) is -1.70. The molecule has 0 radical (unpaired) electrons. The summed E-state index contributed by atoms with van der Waals surface area (Å²) in [6, 6.07) is 14.6. The van der Waals surface area contributed by atoms with Crippen molar-refractivity contribution in [1.82, 2.24) is 5.01 Å². The van der Waals surface area contributed by atoms with Gasteiger partial charge in [0.1, 0.15) is 5.82 Å². The van der Waals surface area contributed by atoms with Crippen LogP contribution in [0.3, 0.4) is 0 Å². The number of amides is 2. The van der Waals surface area contributed by atoms with Gasteiger partial charge in [-0.1, -0.05) is 41.9 Å². The molecule has 0 bridgehead atoms. The second-order valence-electron chi connectivity index (χ2n) is 5.51. The van der Waals surface area contributed by atoms with Crippen LogP contribution in [0.4, 0.5) is 4.39 Å². The molecule has 0 saturated heterocycles.